The monoisotopic (exact) mass is 238 g/mol. The molecular formula is C14H22OS. The smallest absolute Gasteiger partial charge is 0.0501 e. The van der Waals surface area contributed by atoms with Crippen molar-refractivity contribution in [1.82, 2.24) is 0 Å². The maximum Gasteiger partial charge on any atom is 0.0501 e. The highest BCUT2D eigenvalue weighted by atomic mass is 32.1. The van der Waals surface area contributed by atoms with Crippen LogP contribution in [0.25, 0.3) is 0 Å². The fourth-order valence-corrected chi connectivity index (χ4v) is 1.94. The molecule has 16 heavy (non-hydrogen) atoms. The molecular weight excluding hydrogens is 216 g/mol. The molecule has 0 heterocycles. The van der Waals surface area contributed by atoms with E-state index >= 15 is 0 Å². The van der Waals surface area contributed by atoms with E-state index in [-0.39, 0.29) is 0 Å². The van der Waals surface area contributed by atoms with Crippen molar-refractivity contribution in [2.45, 2.75) is 26.2 Å². The van der Waals surface area contributed by atoms with Gasteiger partial charge >= 0.3 is 0 Å². The van der Waals surface area contributed by atoms with Gasteiger partial charge in [-0.25, -0.2) is 0 Å². The molecule has 1 unspecified atom stereocenters. The largest absolute Gasteiger partial charge is 0.381 e. The maximum absolute atomic E-state index is 5.65. The Balaban J connectivity index is 2.04. The molecule has 90 valence electrons. The van der Waals surface area contributed by atoms with Crippen LogP contribution in [0, 0.1) is 5.92 Å². The molecule has 0 fully saturated rings. The normalized spacial score (nSPS) is 12.6. The second-order valence-corrected chi connectivity index (χ2v) is 4.49. The van der Waals surface area contributed by atoms with Gasteiger partial charge in [0, 0.05) is 6.61 Å². The molecule has 0 saturated carbocycles. The van der Waals surface area contributed by atoms with Crippen molar-refractivity contribution in [2.75, 3.05) is 19.0 Å². The van der Waals surface area contributed by atoms with Gasteiger partial charge in [-0.05, 0) is 30.1 Å². The van der Waals surface area contributed by atoms with Gasteiger partial charge < -0.3 is 4.74 Å². The fraction of sp³-hybridized carbons (Fsp3) is 0.571. The van der Waals surface area contributed by atoms with Crippen LogP contribution < -0.4 is 0 Å². The number of aryl methyl sites for hydroxylation is 1. The van der Waals surface area contributed by atoms with E-state index in [1.165, 1.54) is 5.56 Å². The van der Waals surface area contributed by atoms with E-state index in [0.29, 0.717) is 5.92 Å². The Bertz CT molecular complexity index is 257. The van der Waals surface area contributed by atoms with E-state index in [9.17, 15) is 0 Å². The van der Waals surface area contributed by atoms with E-state index in [1.807, 2.05) is 0 Å². The minimum Gasteiger partial charge on any atom is -0.381 e. The molecule has 0 saturated heterocycles. The Kier molecular flexibility index (Phi) is 7.35. The number of ether oxygens (including phenoxy) is 1. The maximum atomic E-state index is 5.65. The minimum absolute atomic E-state index is 0.611. The van der Waals surface area contributed by atoms with Crippen molar-refractivity contribution in [3.05, 3.63) is 35.9 Å². The zero-order valence-corrected chi connectivity index (χ0v) is 11.0. The number of thiol groups is 1. The summed E-state index contributed by atoms with van der Waals surface area (Å²) in [5.74, 6) is 1.54. The van der Waals surface area contributed by atoms with E-state index in [4.69, 9.17) is 4.74 Å². The molecule has 0 aliphatic carbocycles. The van der Waals surface area contributed by atoms with Crippen LogP contribution in [0.15, 0.2) is 30.3 Å². The highest BCUT2D eigenvalue weighted by molar-refractivity contribution is 7.80. The summed E-state index contributed by atoms with van der Waals surface area (Å²) in [6.07, 6.45) is 3.37. The molecule has 0 spiro atoms. The minimum atomic E-state index is 0.611. The van der Waals surface area contributed by atoms with Crippen molar-refractivity contribution < 1.29 is 4.74 Å². The molecule has 0 bridgehead atoms. The van der Waals surface area contributed by atoms with E-state index < -0.39 is 0 Å². The molecule has 0 radical (unpaired) electrons. The quantitative estimate of drug-likeness (QED) is 0.538. The van der Waals surface area contributed by atoms with Gasteiger partial charge in [-0.2, -0.15) is 12.6 Å². The Morgan fingerprint density at radius 3 is 2.62 bits per heavy atom. The molecule has 1 aromatic carbocycles. The van der Waals surface area contributed by atoms with E-state index in [1.54, 1.807) is 0 Å². The molecule has 0 aliphatic heterocycles. The van der Waals surface area contributed by atoms with Gasteiger partial charge in [0.1, 0.15) is 0 Å². The first kappa shape index (κ1) is 13.6. The van der Waals surface area contributed by atoms with Crippen LogP contribution in [0.4, 0.5) is 0 Å². The number of rotatable bonds is 8. The van der Waals surface area contributed by atoms with Gasteiger partial charge in [0.2, 0.25) is 0 Å². The van der Waals surface area contributed by atoms with Gasteiger partial charge in [0.25, 0.3) is 0 Å². The van der Waals surface area contributed by atoms with Crippen LogP contribution in [-0.4, -0.2) is 19.0 Å². The lowest BCUT2D eigenvalue weighted by molar-refractivity contribution is 0.103. The first-order valence-corrected chi connectivity index (χ1v) is 6.72. The number of hydrogen-bond donors (Lipinski definition) is 1. The van der Waals surface area contributed by atoms with Gasteiger partial charge in [0.15, 0.2) is 0 Å². The second-order valence-electron chi connectivity index (χ2n) is 4.12. The Morgan fingerprint density at radius 1 is 1.25 bits per heavy atom. The van der Waals surface area contributed by atoms with Crippen LogP contribution in [0.3, 0.4) is 0 Å². The van der Waals surface area contributed by atoms with Crippen molar-refractivity contribution in [3.8, 4) is 0 Å². The van der Waals surface area contributed by atoms with Gasteiger partial charge in [-0.3, -0.25) is 0 Å². The zero-order chi connectivity index (χ0) is 11.6. The SMILES string of the molecule is CCC(CS)COCCCc1ccccc1. The lowest BCUT2D eigenvalue weighted by Gasteiger charge is -2.11. The summed E-state index contributed by atoms with van der Waals surface area (Å²) < 4.78 is 5.65. The second kappa shape index (κ2) is 8.66. The Morgan fingerprint density at radius 2 is 2.00 bits per heavy atom. The van der Waals surface area contributed by atoms with E-state index in [0.717, 1.165) is 38.2 Å². The van der Waals surface area contributed by atoms with Crippen molar-refractivity contribution >= 4 is 12.6 Å². The number of benzene rings is 1. The third-order valence-electron chi connectivity index (χ3n) is 2.79. The van der Waals surface area contributed by atoms with Crippen molar-refractivity contribution in [3.63, 3.8) is 0 Å². The first-order valence-electron chi connectivity index (χ1n) is 6.09. The predicted octanol–water partition coefficient (Wildman–Crippen LogP) is 3.59. The molecule has 2 heteroatoms. The van der Waals surface area contributed by atoms with Crippen molar-refractivity contribution in [2.24, 2.45) is 5.92 Å². The van der Waals surface area contributed by atoms with Crippen LogP contribution in [0.5, 0.6) is 0 Å². The standard InChI is InChI=1S/C14H22OS/c1-2-13(12-16)11-15-10-6-9-14-7-4-3-5-8-14/h3-5,7-8,13,16H,2,6,9-12H2,1H3. The summed E-state index contributed by atoms with van der Waals surface area (Å²) >= 11 is 4.30. The van der Waals surface area contributed by atoms with Crippen LogP contribution >= 0.6 is 12.6 Å². The number of hydrogen-bond acceptors (Lipinski definition) is 2. The van der Waals surface area contributed by atoms with Crippen LogP contribution in [0.2, 0.25) is 0 Å². The summed E-state index contributed by atoms with van der Waals surface area (Å²) in [4.78, 5) is 0. The fourth-order valence-electron chi connectivity index (χ4n) is 1.57. The molecule has 0 aromatic heterocycles. The average Bonchev–Trinajstić information content (AvgIpc) is 2.35. The predicted molar refractivity (Wildman–Crippen MR) is 73.2 cm³/mol. The zero-order valence-electron chi connectivity index (χ0n) is 10.1. The molecule has 1 nitrogen and oxygen atoms in total. The third kappa shape index (κ3) is 5.57. The molecule has 0 amide bonds. The summed E-state index contributed by atoms with van der Waals surface area (Å²) in [5, 5.41) is 0. The summed E-state index contributed by atoms with van der Waals surface area (Å²) in [5.41, 5.74) is 1.40. The summed E-state index contributed by atoms with van der Waals surface area (Å²) in [7, 11) is 0. The lowest BCUT2D eigenvalue weighted by Crippen LogP contribution is -2.11. The van der Waals surface area contributed by atoms with Gasteiger partial charge in [-0.15, -0.1) is 0 Å². The molecule has 0 aliphatic rings. The Hall–Kier alpha value is -0.470. The highest BCUT2D eigenvalue weighted by Gasteiger charge is 2.03. The summed E-state index contributed by atoms with van der Waals surface area (Å²) in [6.45, 7) is 3.90. The highest BCUT2D eigenvalue weighted by Crippen LogP contribution is 2.06. The third-order valence-corrected chi connectivity index (χ3v) is 3.30. The molecule has 0 N–H and O–H groups in total. The molecule has 1 rings (SSSR count). The van der Waals surface area contributed by atoms with E-state index in [2.05, 4.69) is 49.9 Å². The summed E-state index contributed by atoms with van der Waals surface area (Å²) in [6, 6.07) is 10.6. The lowest BCUT2D eigenvalue weighted by atomic mass is 10.1. The first-order chi connectivity index (χ1) is 7.86. The average molecular weight is 238 g/mol. The van der Waals surface area contributed by atoms with Crippen LogP contribution in [-0.2, 0) is 11.2 Å². The van der Waals surface area contributed by atoms with Crippen molar-refractivity contribution in [1.29, 1.82) is 0 Å². The topological polar surface area (TPSA) is 9.23 Å². The van der Waals surface area contributed by atoms with Crippen LogP contribution in [0.1, 0.15) is 25.3 Å². The van der Waals surface area contributed by atoms with Gasteiger partial charge in [-0.1, -0.05) is 43.7 Å². The molecule has 1 aromatic rings. The molecule has 1 atom stereocenters. The Labute approximate surface area is 105 Å². The van der Waals surface area contributed by atoms with Gasteiger partial charge in [0.05, 0.1) is 6.61 Å².